The SMILES string of the molecule is Cc1nc2c(N)nc(Cl)nc2n1[C@@H]1O[C@H](C)[C@H](O[Si](C(C)C)(C(C)C)C(C)C)C1=O. The van der Waals surface area contributed by atoms with Crippen molar-refractivity contribution in [2.75, 3.05) is 5.73 Å². The van der Waals surface area contributed by atoms with Crippen LogP contribution in [0.5, 0.6) is 0 Å². The highest BCUT2D eigenvalue weighted by Crippen LogP contribution is 2.45. The Morgan fingerprint density at radius 1 is 1.10 bits per heavy atom. The molecule has 0 saturated carbocycles. The van der Waals surface area contributed by atoms with Gasteiger partial charge < -0.3 is 14.9 Å². The maximum absolute atomic E-state index is 13.5. The van der Waals surface area contributed by atoms with Crippen LogP contribution in [0, 0.1) is 6.92 Å². The maximum Gasteiger partial charge on any atom is 0.226 e. The predicted octanol–water partition coefficient (Wildman–Crippen LogP) is 4.42. The molecule has 3 atom stereocenters. The predicted molar refractivity (Wildman–Crippen MR) is 120 cm³/mol. The van der Waals surface area contributed by atoms with Crippen LogP contribution in [-0.4, -0.2) is 45.8 Å². The van der Waals surface area contributed by atoms with Gasteiger partial charge in [0, 0.05) is 0 Å². The fraction of sp³-hybridized carbons (Fsp3) is 0.700. The Morgan fingerprint density at radius 2 is 1.67 bits per heavy atom. The second kappa shape index (κ2) is 8.18. The Hall–Kier alpha value is -1.55. The average molecular weight is 454 g/mol. The molecule has 166 valence electrons. The fourth-order valence-corrected chi connectivity index (χ4v) is 10.8. The standard InChI is InChI=1S/C20H32ClN5O3Si/c1-9(2)30(10(3)4,11(5)6)29-16-12(7)28-19(15(16)27)26-13(8)23-14-17(22)24-20(21)25-18(14)26/h9-12,16,19H,1-8H3,(H2,22,24,25)/t12-,16+,19-/m1/s1. The van der Waals surface area contributed by atoms with Gasteiger partial charge in [0.2, 0.25) is 19.4 Å². The summed E-state index contributed by atoms with van der Waals surface area (Å²) in [6, 6.07) is 0. The van der Waals surface area contributed by atoms with E-state index in [1.54, 1.807) is 11.5 Å². The molecule has 2 aromatic heterocycles. The molecule has 3 rings (SSSR count). The first-order valence-electron chi connectivity index (χ1n) is 10.5. The minimum Gasteiger partial charge on any atom is -0.403 e. The molecule has 8 nitrogen and oxygen atoms in total. The average Bonchev–Trinajstić information content (AvgIpc) is 3.08. The van der Waals surface area contributed by atoms with E-state index in [0.29, 0.717) is 33.6 Å². The number of carbonyl (C=O) groups excluding carboxylic acids is 1. The number of imidazole rings is 1. The minimum absolute atomic E-state index is 0.00158. The van der Waals surface area contributed by atoms with E-state index in [1.165, 1.54) is 0 Å². The monoisotopic (exact) mass is 453 g/mol. The molecule has 0 bridgehead atoms. The molecule has 0 amide bonds. The number of ketones is 1. The van der Waals surface area contributed by atoms with Gasteiger partial charge in [-0.3, -0.25) is 9.36 Å². The number of nitrogens with zero attached hydrogens (tertiary/aromatic N) is 4. The molecule has 1 saturated heterocycles. The van der Waals surface area contributed by atoms with Crippen molar-refractivity contribution in [3.8, 4) is 0 Å². The summed E-state index contributed by atoms with van der Waals surface area (Å²) < 4.78 is 14.5. The zero-order valence-electron chi connectivity index (χ0n) is 18.9. The van der Waals surface area contributed by atoms with Crippen LogP contribution in [0.2, 0.25) is 21.9 Å². The highest BCUT2D eigenvalue weighted by Gasteiger charge is 2.52. The number of fused-ring (bicyclic) bond motifs is 1. The lowest BCUT2D eigenvalue weighted by atomic mass is 10.2. The lowest BCUT2D eigenvalue weighted by Crippen LogP contribution is -2.52. The Kier molecular flexibility index (Phi) is 6.30. The Morgan fingerprint density at radius 3 is 2.20 bits per heavy atom. The molecule has 0 aliphatic carbocycles. The second-order valence-corrected chi connectivity index (χ2v) is 14.8. The van der Waals surface area contributed by atoms with E-state index in [1.807, 2.05) is 6.92 Å². The second-order valence-electron chi connectivity index (χ2n) is 9.03. The number of Topliss-reactive ketones (excluding diaryl/α,β-unsaturated/α-hetero) is 1. The van der Waals surface area contributed by atoms with Crippen LogP contribution >= 0.6 is 11.6 Å². The zero-order valence-corrected chi connectivity index (χ0v) is 20.7. The molecule has 2 N–H and O–H groups in total. The van der Waals surface area contributed by atoms with E-state index in [4.69, 9.17) is 26.5 Å². The van der Waals surface area contributed by atoms with Gasteiger partial charge in [-0.05, 0) is 42.1 Å². The Bertz CT molecular complexity index is 940. The van der Waals surface area contributed by atoms with Gasteiger partial charge in [0.15, 0.2) is 23.2 Å². The third-order valence-corrected chi connectivity index (χ3v) is 12.5. The van der Waals surface area contributed by atoms with E-state index < -0.39 is 26.8 Å². The van der Waals surface area contributed by atoms with Gasteiger partial charge in [0.05, 0.1) is 6.10 Å². The number of hydrogen-bond donors (Lipinski definition) is 1. The van der Waals surface area contributed by atoms with E-state index >= 15 is 0 Å². The summed E-state index contributed by atoms with van der Waals surface area (Å²) in [5, 5.41) is -0.00158. The van der Waals surface area contributed by atoms with Crippen LogP contribution in [0.25, 0.3) is 11.2 Å². The number of carbonyl (C=O) groups is 1. The third kappa shape index (κ3) is 3.55. The van der Waals surface area contributed by atoms with E-state index in [-0.39, 0.29) is 16.9 Å². The van der Waals surface area contributed by atoms with E-state index in [9.17, 15) is 4.79 Å². The van der Waals surface area contributed by atoms with Crippen LogP contribution in [0.15, 0.2) is 0 Å². The van der Waals surface area contributed by atoms with Gasteiger partial charge in [0.25, 0.3) is 0 Å². The van der Waals surface area contributed by atoms with Crippen molar-refractivity contribution >= 4 is 42.7 Å². The molecule has 0 spiro atoms. The summed E-state index contributed by atoms with van der Waals surface area (Å²) >= 11 is 6.01. The molecule has 1 fully saturated rings. The van der Waals surface area contributed by atoms with Crippen molar-refractivity contribution in [2.45, 2.75) is 90.4 Å². The Balaban J connectivity index is 2.03. The number of nitrogen functional groups attached to an aromatic ring is 1. The van der Waals surface area contributed by atoms with Crippen molar-refractivity contribution in [3.63, 3.8) is 0 Å². The van der Waals surface area contributed by atoms with Crippen molar-refractivity contribution < 1.29 is 14.0 Å². The van der Waals surface area contributed by atoms with Crippen molar-refractivity contribution in [1.29, 1.82) is 0 Å². The summed E-state index contributed by atoms with van der Waals surface area (Å²) in [5.41, 5.74) is 7.82. The summed E-state index contributed by atoms with van der Waals surface area (Å²) in [6.45, 7) is 16.8. The molecule has 1 aliphatic rings. The van der Waals surface area contributed by atoms with Crippen molar-refractivity contribution in [3.05, 3.63) is 11.1 Å². The van der Waals surface area contributed by atoms with E-state index in [2.05, 4.69) is 56.5 Å². The topological polar surface area (TPSA) is 105 Å². The van der Waals surface area contributed by atoms with E-state index in [0.717, 1.165) is 0 Å². The smallest absolute Gasteiger partial charge is 0.226 e. The van der Waals surface area contributed by atoms with Gasteiger partial charge in [-0.15, -0.1) is 0 Å². The van der Waals surface area contributed by atoms with Gasteiger partial charge in [-0.2, -0.15) is 9.97 Å². The number of aryl methyl sites for hydroxylation is 1. The normalized spacial score (nSPS) is 22.9. The molecule has 2 aromatic rings. The van der Waals surface area contributed by atoms with Gasteiger partial charge in [-0.1, -0.05) is 41.5 Å². The summed E-state index contributed by atoms with van der Waals surface area (Å²) in [4.78, 5) is 26.2. The highest BCUT2D eigenvalue weighted by atomic mass is 35.5. The number of hydrogen-bond acceptors (Lipinski definition) is 7. The number of rotatable bonds is 6. The van der Waals surface area contributed by atoms with Gasteiger partial charge in [0.1, 0.15) is 11.9 Å². The number of aromatic nitrogens is 4. The molecule has 30 heavy (non-hydrogen) atoms. The maximum atomic E-state index is 13.5. The number of anilines is 1. The van der Waals surface area contributed by atoms with Crippen LogP contribution in [0.3, 0.4) is 0 Å². The van der Waals surface area contributed by atoms with Crippen LogP contribution in [0.4, 0.5) is 5.82 Å². The highest BCUT2D eigenvalue weighted by molar-refractivity contribution is 6.77. The largest absolute Gasteiger partial charge is 0.403 e. The van der Waals surface area contributed by atoms with Gasteiger partial charge >= 0.3 is 0 Å². The first-order chi connectivity index (χ1) is 13.9. The molecule has 1 aliphatic heterocycles. The Labute approximate surface area is 183 Å². The van der Waals surface area contributed by atoms with Crippen LogP contribution in [0.1, 0.15) is 60.5 Å². The lowest BCUT2D eigenvalue weighted by molar-refractivity contribution is -0.129. The van der Waals surface area contributed by atoms with Crippen molar-refractivity contribution in [1.82, 2.24) is 19.5 Å². The lowest BCUT2D eigenvalue weighted by Gasteiger charge is -2.44. The summed E-state index contributed by atoms with van der Waals surface area (Å²) in [6.07, 6.45) is -1.92. The molecular weight excluding hydrogens is 422 g/mol. The molecule has 3 heterocycles. The molecular formula is C20H32ClN5O3Si. The molecule has 10 heteroatoms. The fourth-order valence-electron chi connectivity index (χ4n) is 5.04. The van der Waals surface area contributed by atoms with Crippen LogP contribution in [-0.2, 0) is 14.0 Å². The summed E-state index contributed by atoms with van der Waals surface area (Å²) in [7, 11) is -2.27. The van der Waals surface area contributed by atoms with Gasteiger partial charge in [-0.25, -0.2) is 4.98 Å². The molecule has 0 aromatic carbocycles. The number of ether oxygens (including phenoxy) is 1. The first kappa shape index (κ1) is 23.1. The molecule has 0 radical (unpaired) electrons. The minimum atomic E-state index is -2.27. The zero-order chi connectivity index (χ0) is 22.5. The molecule has 0 unspecified atom stereocenters. The number of halogens is 1. The van der Waals surface area contributed by atoms with Crippen molar-refractivity contribution in [2.24, 2.45) is 0 Å². The first-order valence-corrected chi connectivity index (χ1v) is 13.0. The third-order valence-electron chi connectivity index (χ3n) is 6.28. The summed E-state index contributed by atoms with van der Waals surface area (Å²) in [5.74, 6) is 0.598. The van der Waals surface area contributed by atoms with Crippen LogP contribution < -0.4 is 5.73 Å². The quantitative estimate of drug-likeness (QED) is 0.509. The number of nitrogens with two attached hydrogens (primary N) is 1.